The molecular weight excluding hydrogens is 412 g/mol. The van der Waals surface area contributed by atoms with Crippen molar-refractivity contribution >= 4 is 23.0 Å². The Hall–Kier alpha value is -3.40. The molecule has 0 unspecified atom stereocenters. The maximum atomic E-state index is 12.5. The quantitative estimate of drug-likeness (QED) is 0.339. The van der Waals surface area contributed by atoms with Gasteiger partial charge in [-0.05, 0) is 24.6 Å². The number of nitrogens with one attached hydrogen (secondary N) is 1. The molecule has 0 aliphatic heterocycles. The minimum Gasteiger partial charge on any atom is -0.469 e. The number of likely N-dealkylation sites (N-methyl/N-ethyl adjacent to an activating group) is 1. The van der Waals surface area contributed by atoms with E-state index in [0.29, 0.717) is 37.4 Å². The molecule has 0 aliphatic rings. The van der Waals surface area contributed by atoms with E-state index in [1.165, 1.54) is 7.11 Å². The highest BCUT2D eigenvalue weighted by molar-refractivity contribution is 5.81. The van der Waals surface area contributed by atoms with Crippen molar-refractivity contribution < 1.29 is 14.3 Å². The summed E-state index contributed by atoms with van der Waals surface area (Å²) in [6.45, 7) is 4.24. The number of rotatable bonds is 11. The molecule has 0 bridgehead atoms. The van der Waals surface area contributed by atoms with Crippen molar-refractivity contribution in [3.63, 3.8) is 0 Å². The van der Waals surface area contributed by atoms with Gasteiger partial charge in [0, 0.05) is 19.6 Å². The summed E-state index contributed by atoms with van der Waals surface area (Å²) in [6, 6.07) is 7.98. The number of nitrogen functional groups attached to an aromatic ring is 1. The predicted octanol–water partition coefficient (Wildman–Crippen LogP) is 1.73. The first-order valence-electron chi connectivity index (χ1n) is 10.6. The summed E-state index contributed by atoms with van der Waals surface area (Å²) in [5, 5.41) is 0. The van der Waals surface area contributed by atoms with Crippen LogP contribution in [0.4, 0.5) is 5.82 Å². The zero-order valence-electron chi connectivity index (χ0n) is 18.8. The summed E-state index contributed by atoms with van der Waals surface area (Å²) >= 11 is 0. The number of H-pyrrole nitrogens is 1. The number of carbonyl (C=O) groups is 1. The fraction of sp³-hybridized carbons (Fsp3) is 0.455. The summed E-state index contributed by atoms with van der Waals surface area (Å²) < 4.78 is 11.9. The van der Waals surface area contributed by atoms with Crippen LogP contribution in [0.3, 0.4) is 0 Å². The third-order valence-electron chi connectivity index (χ3n) is 5.08. The molecule has 10 nitrogen and oxygen atoms in total. The second kappa shape index (κ2) is 10.8. The molecular formula is C22H30N6O4. The van der Waals surface area contributed by atoms with E-state index in [9.17, 15) is 9.59 Å². The van der Waals surface area contributed by atoms with Gasteiger partial charge in [-0.3, -0.25) is 9.36 Å². The highest BCUT2D eigenvalue weighted by Gasteiger charge is 2.15. The lowest BCUT2D eigenvalue weighted by Gasteiger charge is -2.17. The number of aromatic nitrogens is 4. The maximum absolute atomic E-state index is 12.5. The third-order valence-corrected chi connectivity index (χ3v) is 5.08. The van der Waals surface area contributed by atoms with Gasteiger partial charge in [-0.2, -0.15) is 9.97 Å². The molecule has 0 radical (unpaired) electrons. The average molecular weight is 443 g/mol. The first kappa shape index (κ1) is 23.3. The Labute approximate surface area is 186 Å². The van der Waals surface area contributed by atoms with Crippen molar-refractivity contribution in [1.82, 2.24) is 24.4 Å². The van der Waals surface area contributed by atoms with E-state index >= 15 is 0 Å². The number of hydrogen-bond acceptors (Lipinski definition) is 8. The number of nitrogens with zero attached hydrogens (tertiary/aromatic N) is 4. The van der Waals surface area contributed by atoms with E-state index in [4.69, 9.17) is 15.2 Å². The first-order chi connectivity index (χ1) is 15.4. The van der Waals surface area contributed by atoms with Crippen molar-refractivity contribution in [2.24, 2.45) is 0 Å². The first-order valence-corrected chi connectivity index (χ1v) is 10.6. The van der Waals surface area contributed by atoms with Crippen molar-refractivity contribution in [3.05, 3.63) is 45.9 Å². The summed E-state index contributed by atoms with van der Waals surface area (Å²) in [7, 11) is 3.35. The van der Waals surface area contributed by atoms with Gasteiger partial charge in [0.2, 0.25) is 0 Å². The van der Waals surface area contributed by atoms with Gasteiger partial charge in [-0.1, -0.05) is 37.6 Å². The smallest absolute Gasteiger partial charge is 0.327 e. The van der Waals surface area contributed by atoms with E-state index in [2.05, 4.69) is 26.8 Å². The monoisotopic (exact) mass is 442 g/mol. The lowest BCUT2D eigenvalue weighted by molar-refractivity contribution is -0.139. The largest absolute Gasteiger partial charge is 0.469 e. The second-order valence-corrected chi connectivity index (χ2v) is 7.68. The Morgan fingerprint density at radius 1 is 1.28 bits per heavy atom. The Kier molecular flexibility index (Phi) is 7.82. The zero-order chi connectivity index (χ0) is 23.1. The van der Waals surface area contributed by atoms with E-state index in [-0.39, 0.29) is 29.9 Å². The molecule has 0 fully saturated rings. The number of anilines is 1. The van der Waals surface area contributed by atoms with E-state index in [1.54, 1.807) is 4.57 Å². The van der Waals surface area contributed by atoms with Crippen LogP contribution in [0.5, 0.6) is 6.01 Å². The van der Waals surface area contributed by atoms with Gasteiger partial charge in [-0.15, -0.1) is 0 Å². The number of benzene rings is 1. The summed E-state index contributed by atoms with van der Waals surface area (Å²) in [5.41, 5.74) is 8.53. The lowest BCUT2D eigenvalue weighted by Crippen LogP contribution is -2.27. The van der Waals surface area contributed by atoms with Crippen molar-refractivity contribution in [2.45, 2.75) is 39.3 Å². The Bertz CT molecular complexity index is 1120. The SMILES string of the molecule is CCCCOc1nc(N)c2[nH]c(=O)n(CCN(C)Cc3cccc(CC(=O)OC)c3)c2n1. The standard InChI is InChI=1S/C22H30N6O4/c1-4-5-11-32-21-25-19(23)18-20(26-21)28(22(30)24-18)10-9-27(2)14-16-8-6-7-15(12-16)13-17(29)31-3/h6-8,12H,4-5,9-11,13-14H2,1-3H3,(H,24,30)(H2,23,25,26). The Morgan fingerprint density at radius 3 is 2.81 bits per heavy atom. The van der Waals surface area contributed by atoms with Gasteiger partial charge in [0.05, 0.1) is 20.1 Å². The number of unbranched alkanes of at least 4 members (excludes halogenated alkanes) is 1. The average Bonchev–Trinajstić information content (AvgIpc) is 3.08. The molecule has 2 aromatic heterocycles. The highest BCUT2D eigenvalue weighted by Crippen LogP contribution is 2.18. The van der Waals surface area contributed by atoms with Crippen molar-refractivity contribution in [1.29, 1.82) is 0 Å². The summed E-state index contributed by atoms with van der Waals surface area (Å²) in [4.78, 5) is 37.4. The molecule has 0 spiro atoms. The minimum atomic E-state index is -0.291. The van der Waals surface area contributed by atoms with Crippen LogP contribution in [0.15, 0.2) is 29.1 Å². The second-order valence-electron chi connectivity index (χ2n) is 7.68. The summed E-state index contributed by atoms with van der Waals surface area (Å²) in [6.07, 6.45) is 2.11. The number of ether oxygens (including phenoxy) is 2. The van der Waals surface area contributed by atoms with Gasteiger partial charge in [0.1, 0.15) is 5.52 Å². The van der Waals surface area contributed by atoms with Crippen LogP contribution in [-0.2, 0) is 29.0 Å². The molecule has 32 heavy (non-hydrogen) atoms. The molecule has 3 N–H and O–H groups in total. The summed E-state index contributed by atoms with van der Waals surface area (Å²) in [5.74, 6) is -0.0818. The van der Waals surface area contributed by atoms with Crippen LogP contribution >= 0.6 is 0 Å². The Morgan fingerprint density at radius 2 is 2.06 bits per heavy atom. The third kappa shape index (κ3) is 5.85. The number of aromatic amines is 1. The Balaban J connectivity index is 1.69. The van der Waals surface area contributed by atoms with E-state index < -0.39 is 0 Å². The molecule has 2 heterocycles. The molecule has 0 amide bonds. The molecule has 0 saturated heterocycles. The molecule has 0 atom stereocenters. The lowest BCUT2D eigenvalue weighted by atomic mass is 10.1. The fourth-order valence-corrected chi connectivity index (χ4v) is 3.35. The van der Waals surface area contributed by atoms with Crippen LogP contribution in [0.25, 0.3) is 11.2 Å². The number of imidazole rings is 1. The number of methoxy groups -OCH3 is 1. The van der Waals surface area contributed by atoms with E-state index in [0.717, 1.165) is 24.0 Å². The highest BCUT2D eigenvalue weighted by atomic mass is 16.5. The topological polar surface area (TPSA) is 128 Å². The van der Waals surface area contributed by atoms with Crippen LogP contribution in [0.1, 0.15) is 30.9 Å². The molecule has 0 saturated carbocycles. The van der Waals surface area contributed by atoms with Gasteiger partial charge in [0.15, 0.2) is 11.5 Å². The number of fused-ring (bicyclic) bond motifs is 1. The van der Waals surface area contributed by atoms with Gasteiger partial charge in [0.25, 0.3) is 0 Å². The van der Waals surface area contributed by atoms with Crippen LogP contribution in [0.2, 0.25) is 0 Å². The predicted molar refractivity (Wildman–Crippen MR) is 121 cm³/mol. The van der Waals surface area contributed by atoms with Crippen LogP contribution < -0.4 is 16.2 Å². The molecule has 172 valence electrons. The number of hydrogen-bond donors (Lipinski definition) is 2. The van der Waals surface area contributed by atoms with Crippen molar-refractivity contribution in [2.75, 3.05) is 33.0 Å². The van der Waals surface area contributed by atoms with Gasteiger partial charge >= 0.3 is 17.7 Å². The normalized spacial score (nSPS) is 11.2. The van der Waals surface area contributed by atoms with Crippen LogP contribution in [0, 0.1) is 0 Å². The zero-order valence-corrected chi connectivity index (χ0v) is 18.8. The molecule has 3 aromatic rings. The van der Waals surface area contributed by atoms with Gasteiger partial charge < -0.3 is 25.1 Å². The molecule has 10 heteroatoms. The van der Waals surface area contributed by atoms with Crippen molar-refractivity contribution in [3.8, 4) is 6.01 Å². The van der Waals surface area contributed by atoms with Gasteiger partial charge in [-0.25, -0.2) is 4.79 Å². The number of esters is 1. The number of nitrogens with two attached hydrogens (primary N) is 1. The molecule has 1 aromatic carbocycles. The van der Waals surface area contributed by atoms with Crippen LogP contribution in [-0.4, -0.2) is 57.7 Å². The van der Waals surface area contributed by atoms with E-state index in [1.807, 2.05) is 31.3 Å². The molecule has 0 aliphatic carbocycles. The fourth-order valence-electron chi connectivity index (χ4n) is 3.35. The minimum absolute atomic E-state index is 0.173. The maximum Gasteiger partial charge on any atom is 0.327 e. The number of carbonyl (C=O) groups excluding carboxylic acids is 1. The molecule has 3 rings (SSSR count).